The summed E-state index contributed by atoms with van der Waals surface area (Å²) in [6.07, 6.45) is 4.00. The molecule has 0 saturated heterocycles. The summed E-state index contributed by atoms with van der Waals surface area (Å²) in [6.45, 7) is 7.98. The normalized spacial score (nSPS) is 33.6. The van der Waals surface area contributed by atoms with Gasteiger partial charge in [-0.2, -0.15) is 0 Å². The second kappa shape index (κ2) is 5.72. The molecule has 0 aromatic carbocycles. The molecule has 0 radical (unpaired) electrons. The van der Waals surface area contributed by atoms with Crippen LogP contribution in [-0.2, 0) is 0 Å². The molecule has 0 amide bonds. The summed E-state index contributed by atoms with van der Waals surface area (Å²) >= 11 is 0. The lowest BCUT2D eigenvalue weighted by Gasteiger charge is -2.37. The number of aliphatic hydroxyl groups excluding tert-OH is 1. The molecule has 1 rings (SSSR count). The zero-order chi connectivity index (χ0) is 10.6. The third-order valence-electron chi connectivity index (χ3n) is 3.54. The molecule has 1 aliphatic carbocycles. The highest BCUT2D eigenvalue weighted by molar-refractivity contribution is 4.85. The molecule has 14 heavy (non-hydrogen) atoms. The number of aliphatic hydroxyl groups is 1. The first-order valence-corrected chi connectivity index (χ1v) is 5.99. The van der Waals surface area contributed by atoms with Gasteiger partial charge in [0.1, 0.15) is 0 Å². The molecular weight excluding hydrogens is 174 g/mol. The molecule has 0 aliphatic heterocycles. The van der Waals surface area contributed by atoms with E-state index in [4.69, 9.17) is 5.11 Å². The molecule has 0 spiro atoms. The van der Waals surface area contributed by atoms with Gasteiger partial charge < -0.3 is 10.4 Å². The molecule has 2 N–H and O–H groups in total. The predicted molar refractivity (Wildman–Crippen MR) is 60.2 cm³/mol. The molecule has 1 saturated carbocycles. The highest BCUT2D eigenvalue weighted by Crippen LogP contribution is 2.33. The first-order valence-electron chi connectivity index (χ1n) is 5.99. The largest absolute Gasteiger partial charge is 0.395 e. The fourth-order valence-electron chi connectivity index (χ4n) is 2.69. The number of hydrogen-bond acceptors (Lipinski definition) is 2. The molecule has 0 aromatic heterocycles. The van der Waals surface area contributed by atoms with Crippen LogP contribution in [0, 0.1) is 17.8 Å². The van der Waals surface area contributed by atoms with Crippen molar-refractivity contribution in [3.63, 3.8) is 0 Å². The highest BCUT2D eigenvalue weighted by atomic mass is 16.3. The van der Waals surface area contributed by atoms with Crippen molar-refractivity contribution in [1.82, 2.24) is 5.32 Å². The van der Waals surface area contributed by atoms with Gasteiger partial charge in [0.15, 0.2) is 0 Å². The van der Waals surface area contributed by atoms with Crippen LogP contribution in [0.5, 0.6) is 0 Å². The Morgan fingerprint density at radius 3 is 2.64 bits per heavy atom. The lowest BCUT2D eigenvalue weighted by Crippen LogP contribution is -2.43. The van der Waals surface area contributed by atoms with Gasteiger partial charge in [0.25, 0.3) is 0 Å². The summed E-state index contributed by atoms with van der Waals surface area (Å²) in [4.78, 5) is 0. The molecule has 0 heterocycles. The van der Waals surface area contributed by atoms with Gasteiger partial charge in [0.05, 0.1) is 6.61 Å². The molecule has 2 nitrogen and oxygen atoms in total. The van der Waals surface area contributed by atoms with Gasteiger partial charge >= 0.3 is 0 Å². The smallest absolute Gasteiger partial charge is 0.0556 e. The Balaban J connectivity index is 2.45. The number of nitrogens with one attached hydrogen (secondary N) is 1. The minimum Gasteiger partial charge on any atom is -0.395 e. The molecular formula is C12H25NO. The van der Waals surface area contributed by atoms with Crippen molar-refractivity contribution in [2.75, 3.05) is 13.2 Å². The third kappa shape index (κ3) is 3.25. The van der Waals surface area contributed by atoms with Crippen LogP contribution in [0.3, 0.4) is 0 Å². The van der Waals surface area contributed by atoms with Gasteiger partial charge in [0, 0.05) is 12.6 Å². The highest BCUT2D eigenvalue weighted by Gasteiger charge is 2.29. The van der Waals surface area contributed by atoms with Crippen molar-refractivity contribution < 1.29 is 5.11 Å². The van der Waals surface area contributed by atoms with Gasteiger partial charge in [-0.15, -0.1) is 0 Å². The summed E-state index contributed by atoms with van der Waals surface area (Å²) in [5.74, 6) is 2.41. The van der Waals surface area contributed by atoms with Crippen LogP contribution in [0.25, 0.3) is 0 Å². The Hall–Kier alpha value is -0.0800. The minimum absolute atomic E-state index is 0.260. The van der Waals surface area contributed by atoms with E-state index in [9.17, 15) is 0 Å². The lowest BCUT2D eigenvalue weighted by molar-refractivity contribution is 0.161. The van der Waals surface area contributed by atoms with Crippen molar-refractivity contribution in [3.05, 3.63) is 0 Å². The van der Waals surface area contributed by atoms with Crippen LogP contribution in [0.15, 0.2) is 0 Å². The second-order valence-electron chi connectivity index (χ2n) is 5.11. The number of hydrogen-bond donors (Lipinski definition) is 2. The Kier molecular flexibility index (Phi) is 4.90. The second-order valence-corrected chi connectivity index (χ2v) is 5.11. The van der Waals surface area contributed by atoms with Gasteiger partial charge in [-0.25, -0.2) is 0 Å². The van der Waals surface area contributed by atoms with E-state index in [1.165, 1.54) is 19.3 Å². The third-order valence-corrected chi connectivity index (χ3v) is 3.54. The Morgan fingerprint density at radius 1 is 1.36 bits per heavy atom. The summed E-state index contributed by atoms with van der Waals surface area (Å²) in [5, 5.41) is 12.3. The molecule has 0 bridgehead atoms. The van der Waals surface area contributed by atoms with Crippen molar-refractivity contribution in [1.29, 1.82) is 0 Å². The molecule has 84 valence electrons. The Bertz CT molecular complexity index is 158. The number of rotatable bonds is 4. The first kappa shape index (κ1) is 12.0. The zero-order valence-electron chi connectivity index (χ0n) is 9.79. The summed E-state index contributed by atoms with van der Waals surface area (Å²) in [5.41, 5.74) is 0. The molecule has 2 heteroatoms. The summed E-state index contributed by atoms with van der Waals surface area (Å²) in [6, 6.07) is 0.630. The van der Waals surface area contributed by atoms with Gasteiger partial charge in [-0.3, -0.25) is 0 Å². The Labute approximate surface area is 88.1 Å². The van der Waals surface area contributed by atoms with Crippen molar-refractivity contribution in [3.8, 4) is 0 Å². The summed E-state index contributed by atoms with van der Waals surface area (Å²) in [7, 11) is 0. The van der Waals surface area contributed by atoms with E-state index in [1.807, 2.05) is 0 Å². The molecule has 2 unspecified atom stereocenters. The average molecular weight is 199 g/mol. The topological polar surface area (TPSA) is 32.3 Å². The van der Waals surface area contributed by atoms with E-state index in [2.05, 4.69) is 26.1 Å². The van der Waals surface area contributed by atoms with E-state index < -0.39 is 0 Å². The van der Waals surface area contributed by atoms with E-state index in [0.717, 1.165) is 24.3 Å². The first-order chi connectivity index (χ1) is 6.65. The SMILES string of the molecule is CC(C)C1CC[C@@H](C)CC1NCCO. The summed E-state index contributed by atoms with van der Waals surface area (Å²) < 4.78 is 0. The van der Waals surface area contributed by atoms with E-state index in [0.29, 0.717) is 6.04 Å². The van der Waals surface area contributed by atoms with Crippen LogP contribution in [0.1, 0.15) is 40.0 Å². The van der Waals surface area contributed by atoms with Crippen molar-refractivity contribution in [2.24, 2.45) is 17.8 Å². The molecule has 1 fully saturated rings. The predicted octanol–water partition coefficient (Wildman–Crippen LogP) is 2.03. The lowest BCUT2D eigenvalue weighted by atomic mass is 9.74. The van der Waals surface area contributed by atoms with E-state index in [-0.39, 0.29) is 6.61 Å². The quantitative estimate of drug-likeness (QED) is 0.726. The van der Waals surface area contributed by atoms with E-state index >= 15 is 0 Å². The molecule has 0 aromatic rings. The van der Waals surface area contributed by atoms with Crippen LogP contribution in [0.4, 0.5) is 0 Å². The average Bonchev–Trinajstić information content (AvgIpc) is 2.14. The van der Waals surface area contributed by atoms with Crippen LogP contribution >= 0.6 is 0 Å². The maximum atomic E-state index is 8.83. The Morgan fingerprint density at radius 2 is 2.07 bits per heavy atom. The van der Waals surface area contributed by atoms with Crippen LogP contribution in [0.2, 0.25) is 0 Å². The molecule has 3 atom stereocenters. The van der Waals surface area contributed by atoms with Gasteiger partial charge in [-0.05, 0) is 30.6 Å². The van der Waals surface area contributed by atoms with Crippen LogP contribution in [-0.4, -0.2) is 24.3 Å². The fraction of sp³-hybridized carbons (Fsp3) is 1.00. The fourth-order valence-corrected chi connectivity index (χ4v) is 2.69. The van der Waals surface area contributed by atoms with Crippen molar-refractivity contribution in [2.45, 2.75) is 46.1 Å². The monoisotopic (exact) mass is 199 g/mol. The van der Waals surface area contributed by atoms with Crippen molar-refractivity contribution >= 4 is 0 Å². The van der Waals surface area contributed by atoms with Gasteiger partial charge in [-0.1, -0.05) is 27.2 Å². The maximum absolute atomic E-state index is 8.83. The van der Waals surface area contributed by atoms with E-state index in [1.54, 1.807) is 0 Å². The van der Waals surface area contributed by atoms with Crippen LogP contribution < -0.4 is 5.32 Å². The minimum atomic E-state index is 0.260. The molecule has 1 aliphatic rings. The van der Waals surface area contributed by atoms with Gasteiger partial charge in [0.2, 0.25) is 0 Å². The maximum Gasteiger partial charge on any atom is 0.0556 e. The zero-order valence-corrected chi connectivity index (χ0v) is 9.79. The standard InChI is InChI=1S/C12H25NO/c1-9(2)11-5-4-10(3)8-12(11)13-6-7-14/h9-14H,4-8H2,1-3H3/t10-,11?,12?/m1/s1.